The molecular weight excluding hydrogens is 548 g/mol. The van der Waals surface area contributed by atoms with Crippen LogP contribution in [0.2, 0.25) is 0 Å². The van der Waals surface area contributed by atoms with Gasteiger partial charge in [-0.2, -0.15) is 12.7 Å². The van der Waals surface area contributed by atoms with Crippen molar-refractivity contribution in [1.29, 1.82) is 0 Å². The number of hydrogen-bond acceptors (Lipinski definition) is 4. The van der Waals surface area contributed by atoms with Crippen LogP contribution in [0.1, 0.15) is 41.7 Å². The third kappa shape index (κ3) is 8.42. The van der Waals surface area contributed by atoms with Crippen molar-refractivity contribution >= 4 is 27.7 Å². The van der Waals surface area contributed by atoms with Crippen molar-refractivity contribution in [2.45, 2.75) is 53.6 Å². The Labute approximate surface area is 251 Å². The van der Waals surface area contributed by atoms with Crippen LogP contribution in [0.5, 0.6) is 0 Å². The fourth-order valence-electron chi connectivity index (χ4n) is 4.64. The minimum atomic E-state index is -4.05. The third-order valence-corrected chi connectivity index (χ3v) is 9.02. The van der Waals surface area contributed by atoms with Crippen LogP contribution in [0.15, 0.2) is 72.8 Å². The maximum Gasteiger partial charge on any atom is 0.304 e. The molecule has 3 aromatic carbocycles. The fourth-order valence-corrected chi connectivity index (χ4v) is 5.75. The highest BCUT2D eigenvalue weighted by atomic mass is 32.2. The van der Waals surface area contributed by atoms with E-state index in [-0.39, 0.29) is 24.8 Å². The van der Waals surface area contributed by atoms with Crippen LogP contribution in [0.4, 0.5) is 5.69 Å². The van der Waals surface area contributed by atoms with Gasteiger partial charge in [-0.1, -0.05) is 80.6 Å². The summed E-state index contributed by atoms with van der Waals surface area (Å²) in [6.07, 6.45) is 0.284. The van der Waals surface area contributed by atoms with Gasteiger partial charge in [0.05, 0.1) is 5.69 Å². The van der Waals surface area contributed by atoms with E-state index in [0.717, 1.165) is 36.4 Å². The molecule has 0 aliphatic rings. The quantitative estimate of drug-likeness (QED) is 0.313. The average molecular weight is 593 g/mol. The zero-order valence-electron chi connectivity index (χ0n) is 25.8. The second-order valence-corrected chi connectivity index (χ2v) is 13.4. The van der Waals surface area contributed by atoms with Gasteiger partial charge in [-0.15, -0.1) is 0 Å². The first-order valence-corrected chi connectivity index (χ1v) is 15.6. The topological polar surface area (TPSA) is 90.0 Å². The number of aryl methyl sites for hydroxylation is 3. The van der Waals surface area contributed by atoms with Crippen molar-refractivity contribution in [3.63, 3.8) is 0 Å². The predicted octanol–water partition coefficient (Wildman–Crippen LogP) is 4.64. The third-order valence-electron chi connectivity index (χ3n) is 7.21. The van der Waals surface area contributed by atoms with Gasteiger partial charge in [0.1, 0.15) is 12.6 Å². The molecular formula is C33H44N4O4S. The molecule has 0 aliphatic heterocycles. The number of benzene rings is 3. The normalized spacial score (nSPS) is 12.3. The van der Waals surface area contributed by atoms with Gasteiger partial charge in [0.2, 0.25) is 11.8 Å². The predicted molar refractivity (Wildman–Crippen MR) is 169 cm³/mol. The smallest absolute Gasteiger partial charge is 0.304 e. The molecule has 1 N–H and O–H groups in total. The highest BCUT2D eigenvalue weighted by molar-refractivity contribution is 7.90. The minimum absolute atomic E-state index is 0.154. The Morgan fingerprint density at radius 2 is 1.50 bits per heavy atom. The van der Waals surface area contributed by atoms with Crippen molar-refractivity contribution in [2.75, 3.05) is 31.5 Å². The van der Waals surface area contributed by atoms with Crippen molar-refractivity contribution in [3.8, 4) is 0 Å². The first kappa shape index (κ1) is 32.8. The van der Waals surface area contributed by atoms with Crippen LogP contribution in [0.25, 0.3) is 0 Å². The minimum Gasteiger partial charge on any atom is -0.354 e. The summed E-state index contributed by atoms with van der Waals surface area (Å²) >= 11 is 0. The Morgan fingerprint density at radius 3 is 2.12 bits per heavy atom. The molecule has 8 nitrogen and oxygen atoms in total. The molecule has 226 valence electrons. The summed E-state index contributed by atoms with van der Waals surface area (Å²) < 4.78 is 29.5. The largest absolute Gasteiger partial charge is 0.354 e. The number of rotatable bonds is 13. The molecule has 0 heterocycles. The number of carbonyl (C=O) groups is 2. The molecule has 0 saturated carbocycles. The molecule has 1 unspecified atom stereocenters. The highest BCUT2D eigenvalue weighted by Gasteiger charge is 2.35. The van der Waals surface area contributed by atoms with E-state index in [1.54, 1.807) is 6.07 Å². The van der Waals surface area contributed by atoms with Crippen molar-refractivity contribution in [3.05, 3.63) is 101 Å². The summed E-state index contributed by atoms with van der Waals surface area (Å²) in [5.74, 6) is -0.523. The van der Waals surface area contributed by atoms with Crippen LogP contribution in [0.3, 0.4) is 0 Å². The van der Waals surface area contributed by atoms with Gasteiger partial charge in [-0.3, -0.25) is 9.59 Å². The zero-order chi connectivity index (χ0) is 31.0. The first-order valence-electron chi connectivity index (χ1n) is 14.2. The molecule has 0 aromatic heterocycles. The van der Waals surface area contributed by atoms with Gasteiger partial charge < -0.3 is 10.2 Å². The lowest BCUT2D eigenvalue weighted by atomic mass is 10.0. The molecule has 0 bridgehead atoms. The molecule has 0 aliphatic carbocycles. The average Bonchev–Trinajstić information content (AvgIpc) is 2.94. The first-order chi connectivity index (χ1) is 19.8. The summed E-state index contributed by atoms with van der Waals surface area (Å²) in [6.45, 7) is 9.83. The molecule has 0 saturated heterocycles. The molecule has 0 fully saturated rings. The maximum absolute atomic E-state index is 14.4. The van der Waals surface area contributed by atoms with Gasteiger partial charge >= 0.3 is 10.2 Å². The maximum atomic E-state index is 14.4. The summed E-state index contributed by atoms with van der Waals surface area (Å²) in [6, 6.07) is 21.9. The van der Waals surface area contributed by atoms with E-state index in [2.05, 4.69) is 5.32 Å². The van der Waals surface area contributed by atoms with Crippen molar-refractivity contribution < 1.29 is 18.0 Å². The van der Waals surface area contributed by atoms with Crippen LogP contribution in [-0.4, -0.2) is 62.7 Å². The van der Waals surface area contributed by atoms with Gasteiger partial charge in [0.15, 0.2) is 0 Å². The molecule has 1 atom stereocenters. The van der Waals surface area contributed by atoms with E-state index in [1.165, 1.54) is 19.0 Å². The van der Waals surface area contributed by atoms with Crippen molar-refractivity contribution in [2.24, 2.45) is 5.92 Å². The van der Waals surface area contributed by atoms with Crippen LogP contribution < -0.4 is 9.62 Å². The van der Waals surface area contributed by atoms with Crippen LogP contribution >= 0.6 is 0 Å². The monoisotopic (exact) mass is 592 g/mol. The van der Waals surface area contributed by atoms with E-state index < -0.39 is 28.7 Å². The van der Waals surface area contributed by atoms with Crippen LogP contribution in [0, 0.1) is 26.7 Å². The second kappa shape index (κ2) is 14.5. The highest BCUT2D eigenvalue weighted by Crippen LogP contribution is 2.26. The Kier molecular flexibility index (Phi) is 11.3. The van der Waals surface area contributed by atoms with Gasteiger partial charge in [-0.25, -0.2) is 4.31 Å². The van der Waals surface area contributed by atoms with Gasteiger partial charge in [0.25, 0.3) is 0 Å². The molecule has 42 heavy (non-hydrogen) atoms. The van der Waals surface area contributed by atoms with E-state index >= 15 is 0 Å². The molecule has 9 heteroatoms. The Morgan fingerprint density at radius 1 is 0.857 bits per heavy atom. The molecule has 0 spiro atoms. The van der Waals surface area contributed by atoms with E-state index in [9.17, 15) is 18.0 Å². The lowest BCUT2D eigenvalue weighted by molar-refractivity contribution is -0.140. The number of nitrogens with zero attached hydrogens (tertiary/aromatic N) is 3. The SMILES string of the molecule is Cc1ccc(C)c(N(CC(=O)N(Cc2ccccc2C)C(Cc2ccccc2)C(=O)NCC(C)C)S(=O)(=O)N(C)C)c1. The molecule has 2 amide bonds. The number of amides is 2. The number of hydrogen-bond donors (Lipinski definition) is 1. The molecule has 3 aromatic rings. The summed E-state index contributed by atoms with van der Waals surface area (Å²) in [4.78, 5) is 29.7. The second-order valence-electron chi connectivity index (χ2n) is 11.4. The number of nitrogens with one attached hydrogen (secondary N) is 1. The van der Waals surface area contributed by atoms with E-state index in [1.807, 2.05) is 101 Å². The zero-order valence-corrected chi connectivity index (χ0v) is 26.6. The lowest BCUT2D eigenvalue weighted by Gasteiger charge is -2.35. The summed E-state index contributed by atoms with van der Waals surface area (Å²) in [5, 5.41) is 3.02. The van der Waals surface area contributed by atoms with Crippen molar-refractivity contribution in [1.82, 2.24) is 14.5 Å². The number of carbonyl (C=O) groups excluding carboxylic acids is 2. The van der Waals surface area contributed by atoms with E-state index in [4.69, 9.17) is 0 Å². The Balaban J connectivity index is 2.13. The summed E-state index contributed by atoms with van der Waals surface area (Å²) in [7, 11) is -1.16. The Bertz CT molecular complexity index is 1470. The van der Waals surface area contributed by atoms with E-state index in [0.29, 0.717) is 12.2 Å². The molecule has 3 rings (SSSR count). The Hall–Kier alpha value is -3.69. The lowest BCUT2D eigenvalue weighted by Crippen LogP contribution is -2.54. The van der Waals surface area contributed by atoms with Gasteiger partial charge in [-0.05, 0) is 60.6 Å². The number of anilines is 1. The summed E-state index contributed by atoms with van der Waals surface area (Å²) in [5.41, 5.74) is 4.78. The molecule has 0 radical (unpaired) electrons. The standard InChI is InChI=1S/C33H44N4O4S/c1-24(2)21-34-33(39)31(20-28-14-9-8-10-15-28)36(22-29-16-12-11-13-26(29)4)32(38)23-37(42(40,41)35(6)7)30-19-25(3)17-18-27(30)5/h8-19,24,31H,20-23H2,1-7H3,(H,34,39). The fraction of sp³-hybridized carbons (Fsp3) is 0.394. The van der Waals surface area contributed by atoms with Gasteiger partial charge in [0, 0.05) is 33.6 Å². The van der Waals surface area contributed by atoms with Crippen LogP contribution in [-0.2, 0) is 32.8 Å².